The summed E-state index contributed by atoms with van der Waals surface area (Å²) >= 11 is 13.1. The fourth-order valence-electron chi connectivity index (χ4n) is 1.29. The third-order valence-electron chi connectivity index (χ3n) is 2.13. The van der Waals surface area contributed by atoms with Crippen LogP contribution in [0.25, 0.3) is 6.08 Å². The molecule has 4 heteroatoms. The van der Waals surface area contributed by atoms with E-state index in [-0.39, 0.29) is 5.78 Å². The summed E-state index contributed by atoms with van der Waals surface area (Å²) in [5.41, 5.74) is 0.851. The van der Waals surface area contributed by atoms with E-state index in [2.05, 4.69) is 0 Å². The topological polar surface area (TPSA) is 17.1 Å². The summed E-state index contributed by atoms with van der Waals surface area (Å²) < 4.78 is 0. The molecule has 1 aromatic heterocycles. The minimum atomic E-state index is -0.00827. The standard InChI is InChI=1S/C13H8Cl2OS/c14-10-5-3-9(8-11(10)15)4-6-12(16)13-2-1-7-17-13/h1-8H. The molecule has 0 aliphatic carbocycles. The van der Waals surface area contributed by atoms with E-state index < -0.39 is 0 Å². The van der Waals surface area contributed by atoms with Crippen LogP contribution in [0.15, 0.2) is 41.8 Å². The van der Waals surface area contributed by atoms with Gasteiger partial charge in [-0.25, -0.2) is 0 Å². The van der Waals surface area contributed by atoms with Crippen LogP contribution < -0.4 is 0 Å². The highest BCUT2D eigenvalue weighted by molar-refractivity contribution is 7.12. The number of carbonyl (C=O) groups is 1. The number of thiophene rings is 1. The molecular formula is C13H8Cl2OS. The molecule has 0 spiro atoms. The van der Waals surface area contributed by atoms with Crippen LogP contribution in [0.1, 0.15) is 15.2 Å². The summed E-state index contributed by atoms with van der Waals surface area (Å²) in [4.78, 5) is 12.4. The van der Waals surface area contributed by atoms with Crippen LogP contribution in [0.4, 0.5) is 0 Å². The van der Waals surface area contributed by atoms with E-state index in [9.17, 15) is 4.79 Å². The molecule has 2 rings (SSSR count). The molecular weight excluding hydrogens is 275 g/mol. The molecule has 86 valence electrons. The maximum atomic E-state index is 11.7. The first-order valence-corrected chi connectivity index (χ1v) is 6.51. The first-order valence-electron chi connectivity index (χ1n) is 4.88. The fourth-order valence-corrected chi connectivity index (χ4v) is 2.24. The zero-order valence-electron chi connectivity index (χ0n) is 8.69. The molecule has 0 saturated carbocycles. The molecule has 1 aromatic carbocycles. The Bertz CT molecular complexity index is 559. The van der Waals surface area contributed by atoms with E-state index in [1.54, 1.807) is 24.3 Å². The Morgan fingerprint density at radius 3 is 2.65 bits per heavy atom. The van der Waals surface area contributed by atoms with E-state index in [1.165, 1.54) is 17.4 Å². The van der Waals surface area contributed by atoms with Crippen LogP contribution in [-0.4, -0.2) is 5.78 Å². The molecule has 0 bridgehead atoms. The summed E-state index contributed by atoms with van der Waals surface area (Å²) in [6.07, 6.45) is 3.26. The molecule has 0 atom stereocenters. The average Bonchev–Trinajstić information content (AvgIpc) is 2.84. The summed E-state index contributed by atoms with van der Waals surface area (Å²) in [6.45, 7) is 0. The van der Waals surface area contributed by atoms with Crippen molar-refractivity contribution in [2.24, 2.45) is 0 Å². The van der Waals surface area contributed by atoms with E-state index in [0.29, 0.717) is 10.0 Å². The number of halogens is 2. The van der Waals surface area contributed by atoms with Gasteiger partial charge in [-0.15, -0.1) is 11.3 Å². The van der Waals surface area contributed by atoms with E-state index in [0.717, 1.165) is 10.4 Å². The zero-order valence-corrected chi connectivity index (χ0v) is 11.0. The minimum Gasteiger partial charge on any atom is -0.288 e. The number of rotatable bonds is 3. The van der Waals surface area contributed by atoms with Crippen molar-refractivity contribution >= 4 is 46.4 Å². The Hall–Kier alpha value is -1.09. The highest BCUT2D eigenvalue weighted by Gasteiger charge is 2.02. The van der Waals surface area contributed by atoms with Gasteiger partial charge in [-0.3, -0.25) is 4.79 Å². The number of allylic oxidation sites excluding steroid dienone is 1. The lowest BCUT2D eigenvalue weighted by atomic mass is 10.2. The molecule has 0 aliphatic heterocycles. The molecule has 17 heavy (non-hydrogen) atoms. The predicted octanol–water partition coefficient (Wildman–Crippen LogP) is 4.95. The van der Waals surface area contributed by atoms with Crippen LogP contribution in [0, 0.1) is 0 Å². The van der Waals surface area contributed by atoms with Gasteiger partial charge in [0.2, 0.25) is 0 Å². The highest BCUT2D eigenvalue weighted by atomic mass is 35.5. The quantitative estimate of drug-likeness (QED) is 0.575. The molecule has 0 aliphatic rings. The predicted molar refractivity (Wildman–Crippen MR) is 74.1 cm³/mol. The lowest BCUT2D eigenvalue weighted by Crippen LogP contribution is -1.88. The summed E-state index contributed by atoms with van der Waals surface area (Å²) in [5.74, 6) is -0.00827. The first kappa shape index (κ1) is 12.4. The third kappa shape index (κ3) is 3.19. The maximum absolute atomic E-state index is 11.7. The van der Waals surface area contributed by atoms with Gasteiger partial charge in [0.25, 0.3) is 0 Å². The van der Waals surface area contributed by atoms with Gasteiger partial charge >= 0.3 is 0 Å². The molecule has 0 radical (unpaired) electrons. The Balaban J connectivity index is 2.15. The number of hydrogen-bond donors (Lipinski definition) is 0. The number of benzene rings is 1. The zero-order chi connectivity index (χ0) is 12.3. The Morgan fingerprint density at radius 1 is 1.18 bits per heavy atom. The molecule has 0 N–H and O–H groups in total. The van der Waals surface area contributed by atoms with Crippen molar-refractivity contribution in [3.05, 3.63) is 62.3 Å². The van der Waals surface area contributed by atoms with E-state index >= 15 is 0 Å². The van der Waals surface area contributed by atoms with Crippen molar-refractivity contribution in [2.45, 2.75) is 0 Å². The SMILES string of the molecule is O=C(C=Cc1ccc(Cl)c(Cl)c1)c1cccs1. The van der Waals surface area contributed by atoms with Crippen LogP contribution in [0.5, 0.6) is 0 Å². The largest absolute Gasteiger partial charge is 0.288 e. The summed E-state index contributed by atoms with van der Waals surface area (Å²) in [5, 5.41) is 2.87. The minimum absolute atomic E-state index is 0.00827. The molecule has 1 nitrogen and oxygen atoms in total. The van der Waals surface area contributed by atoms with Crippen molar-refractivity contribution in [2.75, 3.05) is 0 Å². The molecule has 0 fully saturated rings. The molecule has 0 unspecified atom stereocenters. The van der Waals surface area contributed by atoms with Crippen LogP contribution in [0.3, 0.4) is 0 Å². The number of ketones is 1. The Morgan fingerprint density at radius 2 is 2.00 bits per heavy atom. The maximum Gasteiger partial charge on any atom is 0.195 e. The smallest absolute Gasteiger partial charge is 0.195 e. The van der Waals surface area contributed by atoms with Gasteiger partial charge in [-0.2, -0.15) is 0 Å². The second-order valence-corrected chi connectivity index (χ2v) is 5.11. The summed E-state index contributed by atoms with van der Waals surface area (Å²) in [6, 6.07) is 8.89. The highest BCUT2D eigenvalue weighted by Crippen LogP contribution is 2.23. The van der Waals surface area contributed by atoms with Gasteiger partial charge < -0.3 is 0 Å². The van der Waals surface area contributed by atoms with E-state index in [4.69, 9.17) is 23.2 Å². The van der Waals surface area contributed by atoms with Gasteiger partial charge in [0, 0.05) is 0 Å². The van der Waals surface area contributed by atoms with Crippen molar-refractivity contribution in [3.8, 4) is 0 Å². The summed E-state index contributed by atoms with van der Waals surface area (Å²) in [7, 11) is 0. The Labute approximate surface area is 113 Å². The van der Waals surface area contributed by atoms with Crippen molar-refractivity contribution in [3.63, 3.8) is 0 Å². The molecule has 1 heterocycles. The van der Waals surface area contributed by atoms with Crippen LogP contribution >= 0.6 is 34.5 Å². The van der Waals surface area contributed by atoms with Gasteiger partial charge in [0.15, 0.2) is 5.78 Å². The van der Waals surface area contributed by atoms with Gasteiger partial charge in [-0.05, 0) is 35.2 Å². The fraction of sp³-hybridized carbons (Fsp3) is 0. The first-order chi connectivity index (χ1) is 8.16. The third-order valence-corrected chi connectivity index (χ3v) is 3.76. The monoisotopic (exact) mass is 282 g/mol. The lowest BCUT2D eigenvalue weighted by molar-refractivity contribution is 0.105. The van der Waals surface area contributed by atoms with E-state index in [1.807, 2.05) is 17.5 Å². The Kier molecular flexibility index (Phi) is 4.00. The normalized spacial score (nSPS) is 10.9. The number of carbonyl (C=O) groups excluding carboxylic acids is 1. The van der Waals surface area contributed by atoms with Gasteiger partial charge in [0.1, 0.15) is 0 Å². The lowest BCUT2D eigenvalue weighted by Gasteiger charge is -1.97. The molecule has 2 aromatic rings. The van der Waals surface area contributed by atoms with Crippen molar-refractivity contribution in [1.29, 1.82) is 0 Å². The van der Waals surface area contributed by atoms with Gasteiger partial charge in [0.05, 0.1) is 14.9 Å². The molecule has 0 amide bonds. The van der Waals surface area contributed by atoms with Crippen molar-refractivity contribution in [1.82, 2.24) is 0 Å². The number of hydrogen-bond acceptors (Lipinski definition) is 2. The van der Waals surface area contributed by atoms with Crippen LogP contribution in [-0.2, 0) is 0 Å². The van der Waals surface area contributed by atoms with Crippen molar-refractivity contribution < 1.29 is 4.79 Å². The van der Waals surface area contributed by atoms with Crippen LogP contribution in [0.2, 0.25) is 10.0 Å². The second kappa shape index (κ2) is 5.50. The second-order valence-electron chi connectivity index (χ2n) is 3.35. The average molecular weight is 283 g/mol. The van der Waals surface area contributed by atoms with Gasteiger partial charge in [-0.1, -0.05) is 41.4 Å². The molecule has 0 saturated heterocycles.